The van der Waals surface area contributed by atoms with Gasteiger partial charge in [0.15, 0.2) is 0 Å². The average molecular weight is 156 g/mol. The molecular formula is C10H20O. The molecule has 0 heterocycles. The summed E-state index contributed by atoms with van der Waals surface area (Å²) in [5.74, 6) is 0.832. The fourth-order valence-electron chi connectivity index (χ4n) is 1.79. The summed E-state index contributed by atoms with van der Waals surface area (Å²) in [4.78, 5) is 0. The Labute approximate surface area is 69.8 Å². The predicted octanol–water partition coefficient (Wildman–Crippen LogP) is 2.59. The molecule has 0 aromatic heterocycles. The van der Waals surface area contributed by atoms with E-state index in [2.05, 4.69) is 13.8 Å². The van der Waals surface area contributed by atoms with Gasteiger partial charge in [0.2, 0.25) is 0 Å². The lowest BCUT2D eigenvalue weighted by molar-refractivity contribution is 0.209. The Hall–Kier alpha value is -0.0400. The van der Waals surface area contributed by atoms with Crippen molar-refractivity contribution in [2.75, 3.05) is 6.61 Å². The van der Waals surface area contributed by atoms with Gasteiger partial charge in [-0.2, -0.15) is 0 Å². The summed E-state index contributed by atoms with van der Waals surface area (Å²) in [5, 5.41) is 8.99. The molecule has 1 aliphatic rings. The van der Waals surface area contributed by atoms with Crippen LogP contribution in [-0.2, 0) is 0 Å². The number of aliphatic hydroxyl groups excluding tert-OH is 1. The Morgan fingerprint density at radius 2 is 2.18 bits per heavy atom. The summed E-state index contributed by atoms with van der Waals surface area (Å²) in [6, 6.07) is 0. The van der Waals surface area contributed by atoms with E-state index in [9.17, 15) is 0 Å². The van der Waals surface area contributed by atoms with Crippen molar-refractivity contribution in [1.29, 1.82) is 0 Å². The second kappa shape index (κ2) is 3.57. The molecule has 1 heteroatoms. The van der Waals surface area contributed by atoms with E-state index in [1.807, 2.05) is 0 Å². The summed E-state index contributed by atoms with van der Waals surface area (Å²) >= 11 is 0. The van der Waals surface area contributed by atoms with Crippen molar-refractivity contribution in [2.24, 2.45) is 11.3 Å². The van der Waals surface area contributed by atoms with Gasteiger partial charge < -0.3 is 5.11 Å². The number of hydrogen-bond donors (Lipinski definition) is 1. The number of hydrogen-bond acceptors (Lipinski definition) is 1. The van der Waals surface area contributed by atoms with Crippen LogP contribution in [0.25, 0.3) is 0 Å². The molecule has 2 atom stereocenters. The van der Waals surface area contributed by atoms with Crippen LogP contribution in [0.1, 0.15) is 46.0 Å². The molecule has 0 aromatic carbocycles. The number of rotatable bonds is 5. The maximum Gasteiger partial charge on any atom is 0.0487 e. The van der Waals surface area contributed by atoms with E-state index in [4.69, 9.17) is 5.11 Å². The lowest BCUT2D eigenvalue weighted by atomic mass is 10.0. The first-order valence-electron chi connectivity index (χ1n) is 4.84. The normalized spacial score (nSPS) is 35.7. The van der Waals surface area contributed by atoms with Gasteiger partial charge in [-0.25, -0.2) is 0 Å². The number of aliphatic hydroxyl groups is 1. The molecule has 1 fully saturated rings. The zero-order valence-electron chi connectivity index (χ0n) is 7.77. The van der Waals surface area contributed by atoms with Crippen molar-refractivity contribution in [1.82, 2.24) is 0 Å². The van der Waals surface area contributed by atoms with E-state index in [0.29, 0.717) is 12.0 Å². The van der Waals surface area contributed by atoms with Crippen LogP contribution < -0.4 is 0 Å². The standard InChI is InChI=1S/C10H20O/c1-3-4-5-6-9-7-10(9,2)8-11/h9,11H,3-8H2,1-2H3/t9-,10-/m0/s1. The molecular weight excluding hydrogens is 136 g/mol. The highest BCUT2D eigenvalue weighted by Crippen LogP contribution is 2.54. The minimum Gasteiger partial charge on any atom is -0.396 e. The first-order chi connectivity index (χ1) is 5.23. The first-order valence-corrected chi connectivity index (χ1v) is 4.84. The quantitative estimate of drug-likeness (QED) is 0.607. The van der Waals surface area contributed by atoms with Gasteiger partial charge in [0.25, 0.3) is 0 Å². The van der Waals surface area contributed by atoms with Crippen LogP contribution >= 0.6 is 0 Å². The summed E-state index contributed by atoms with van der Waals surface area (Å²) in [6.45, 7) is 4.82. The SMILES string of the molecule is CCCCC[C@H]1C[C@@]1(C)CO. The highest BCUT2D eigenvalue weighted by molar-refractivity contribution is 4.97. The molecule has 1 nitrogen and oxygen atoms in total. The van der Waals surface area contributed by atoms with Gasteiger partial charge in [-0.15, -0.1) is 0 Å². The predicted molar refractivity (Wildman–Crippen MR) is 47.4 cm³/mol. The second-order valence-electron chi connectivity index (χ2n) is 4.21. The molecule has 1 rings (SSSR count). The zero-order chi connectivity index (χ0) is 8.32. The fraction of sp³-hybridized carbons (Fsp3) is 1.00. The van der Waals surface area contributed by atoms with Crippen molar-refractivity contribution in [3.63, 3.8) is 0 Å². The Balaban J connectivity index is 2.04. The van der Waals surface area contributed by atoms with Crippen molar-refractivity contribution < 1.29 is 5.11 Å². The van der Waals surface area contributed by atoms with Crippen LogP contribution in [0.3, 0.4) is 0 Å². The van der Waals surface area contributed by atoms with Crippen LogP contribution in [0.2, 0.25) is 0 Å². The van der Waals surface area contributed by atoms with Gasteiger partial charge in [-0.3, -0.25) is 0 Å². The molecule has 0 radical (unpaired) electrons. The van der Waals surface area contributed by atoms with E-state index in [1.165, 1.54) is 32.1 Å². The Kier molecular flexibility index (Phi) is 2.94. The van der Waals surface area contributed by atoms with Crippen LogP contribution in [0.4, 0.5) is 0 Å². The summed E-state index contributed by atoms with van der Waals surface area (Å²) < 4.78 is 0. The van der Waals surface area contributed by atoms with Crippen molar-refractivity contribution in [2.45, 2.75) is 46.0 Å². The van der Waals surface area contributed by atoms with Crippen LogP contribution in [0.5, 0.6) is 0 Å². The summed E-state index contributed by atoms with van der Waals surface area (Å²) in [7, 11) is 0. The van der Waals surface area contributed by atoms with Gasteiger partial charge >= 0.3 is 0 Å². The molecule has 11 heavy (non-hydrogen) atoms. The Bertz CT molecular complexity index is 122. The molecule has 1 aliphatic carbocycles. The van der Waals surface area contributed by atoms with E-state index in [-0.39, 0.29) is 0 Å². The molecule has 1 N–H and O–H groups in total. The van der Waals surface area contributed by atoms with Crippen LogP contribution in [0.15, 0.2) is 0 Å². The topological polar surface area (TPSA) is 20.2 Å². The first kappa shape index (κ1) is 9.05. The summed E-state index contributed by atoms with van der Waals surface area (Å²) in [6.07, 6.45) is 6.62. The van der Waals surface area contributed by atoms with Gasteiger partial charge in [-0.1, -0.05) is 33.1 Å². The largest absolute Gasteiger partial charge is 0.396 e. The maximum atomic E-state index is 8.99. The number of unbranched alkanes of at least 4 members (excludes halogenated alkanes) is 2. The smallest absolute Gasteiger partial charge is 0.0487 e. The lowest BCUT2D eigenvalue weighted by Crippen LogP contribution is -2.03. The van der Waals surface area contributed by atoms with Gasteiger partial charge in [0.05, 0.1) is 0 Å². The van der Waals surface area contributed by atoms with Crippen LogP contribution in [0, 0.1) is 11.3 Å². The molecule has 0 bridgehead atoms. The minimum atomic E-state index is 0.313. The Morgan fingerprint density at radius 3 is 2.64 bits per heavy atom. The van der Waals surface area contributed by atoms with Crippen molar-refractivity contribution in [3.8, 4) is 0 Å². The van der Waals surface area contributed by atoms with E-state index in [0.717, 1.165) is 5.92 Å². The average Bonchev–Trinajstić information content (AvgIpc) is 2.64. The molecule has 66 valence electrons. The van der Waals surface area contributed by atoms with Crippen molar-refractivity contribution >= 4 is 0 Å². The third-order valence-electron chi connectivity index (χ3n) is 3.06. The van der Waals surface area contributed by atoms with Gasteiger partial charge in [-0.05, 0) is 24.2 Å². The van der Waals surface area contributed by atoms with E-state index < -0.39 is 0 Å². The summed E-state index contributed by atoms with van der Waals surface area (Å²) in [5.41, 5.74) is 0.313. The molecule has 0 saturated heterocycles. The molecule has 0 aromatic rings. The fourth-order valence-corrected chi connectivity index (χ4v) is 1.79. The second-order valence-corrected chi connectivity index (χ2v) is 4.21. The molecule has 1 saturated carbocycles. The molecule has 0 unspecified atom stereocenters. The zero-order valence-corrected chi connectivity index (χ0v) is 7.77. The third kappa shape index (κ3) is 2.19. The monoisotopic (exact) mass is 156 g/mol. The molecule has 0 spiro atoms. The van der Waals surface area contributed by atoms with E-state index in [1.54, 1.807) is 0 Å². The van der Waals surface area contributed by atoms with Crippen LogP contribution in [-0.4, -0.2) is 11.7 Å². The Morgan fingerprint density at radius 1 is 1.45 bits per heavy atom. The molecule has 0 aliphatic heterocycles. The van der Waals surface area contributed by atoms with Gasteiger partial charge in [0, 0.05) is 6.61 Å². The van der Waals surface area contributed by atoms with E-state index >= 15 is 0 Å². The highest BCUT2D eigenvalue weighted by Gasteiger charge is 2.48. The third-order valence-corrected chi connectivity index (χ3v) is 3.06. The maximum absolute atomic E-state index is 8.99. The lowest BCUT2D eigenvalue weighted by Gasteiger charge is -2.05. The minimum absolute atomic E-state index is 0.313. The molecule has 0 amide bonds. The highest BCUT2D eigenvalue weighted by atomic mass is 16.3. The van der Waals surface area contributed by atoms with Crippen molar-refractivity contribution in [3.05, 3.63) is 0 Å². The van der Waals surface area contributed by atoms with Gasteiger partial charge in [0.1, 0.15) is 0 Å².